The van der Waals surface area contributed by atoms with E-state index in [9.17, 15) is 4.79 Å². The molecule has 0 aromatic rings. The van der Waals surface area contributed by atoms with Gasteiger partial charge in [-0.2, -0.15) is 0 Å². The second kappa shape index (κ2) is 2.84. The number of carbonyl (C=O) groups excluding carboxylic acids is 1. The zero-order valence-electron chi connectivity index (χ0n) is 7.79. The molecule has 3 heteroatoms. The molecule has 0 aromatic heterocycles. The number of fused-ring (bicyclic) bond motifs is 1. The second-order valence-corrected chi connectivity index (χ2v) is 3.76. The van der Waals surface area contributed by atoms with Crippen molar-refractivity contribution in [3.8, 4) is 0 Å². The molecule has 0 N–H and O–H groups in total. The Morgan fingerprint density at radius 1 is 1.85 bits per heavy atom. The molecule has 3 nitrogen and oxygen atoms in total. The maximum absolute atomic E-state index is 10.8. The molecule has 1 heterocycles. The first-order chi connectivity index (χ1) is 6.24. The minimum Gasteiger partial charge on any atom is -0.462 e. The average molecular weight is 182 g/mol. The molecule has 1 saturated carbocycles. The van der Waals surface area contributed by atoms with Crippen molar-refractivity contribution >= 4 is 5.97 Å². The summed E-state index contributed by atoms with van der Waals surface area (Å²) in [4.78, 5) is 10.8. The first kappa shape index (κ1) is 8.75. The standard InChI is InChI=1S/C10H14O3/c1-3-8(11)12-5-7-9-10(7,4-2)6-13-9/h3,7,9H,1,4-6H2,2H3. The highest BCUT2D eigenvalue weighted by atomic mass is 16.6. The van der Waals surface area contributed by atoms with Crippen LogP contribution < -0.4 is 0 Å². The van der Waals surface area contributed by atoms with E-state index in [1.807, 2.05) is 0 Å². The van der Waals surface area contributed by atoms with Crippen LogP contribution in [0.25, 0.3) is 0 Å². The zero-order chi connectivity index (χ0) is 9.47. The Balaban J connectivity index is 1.79. The molecule has 1 aliphatic heterocycles. The maximum Gasteiger partial charge on any atom is 0.330 e. The summed E-state index contributed by atoms with van der Waals surface area (Å²) in [6, 6.07) is 0. The van der Waals surface area contributed by atoms with Crippen molar-refractivity contribution in [3.63, 3.8) is 0 Å². The van der Waals surface area contributed by atoms with E-state index in [0.717, 1.165) is 13.0 Å². The van der Waals surface area contributed by atoms with Crippen LogP contribution in [0.4, 0.5) is 0 Å². The molecular formula is C10H14O3. The Hall–Kier alpha value is -0.830. The summed E-state index contributed by atoms with van der Waals surface area (Å²) in [5, 5.41) is 0. The molecular weight excluding hydrogens is 168 g/mol. The summed E-state index contributed by atoms with van der Waals surface area (Å²) in [6.07, 6.45) is 2.67. The van der Waals surface area contributed by atoms with Crippen molar-refractivity contribution in [1.29, 1.82) is 0 Å². The Labute approximate surface area is 77.7 Å². The van der Waals surface area contributed by atoms with Gasteiger partial charge in [-0.25, -0.2) is 4.79 Å². The van der Waals surface area contributed by atoms with Gasteiger partial charge in [0.25, 0.3) is 0 Å². The van der Waals surface area contributed by atoms with E-state index in [4.69, 9.17) is 9.47 Å². The molecule has 3 atom stereocenters. The molecule has 2 aliphatic rings. The van der Waals surface area contributed by atoms with Gasteiger partial charge in [0, 0.05) is 17.4 Å². The van der Waals surface area contributed by atoms with Crippen LogP contribution in [0.2, 0.25) is 0 Å². The molecule has 1 saturated heterocycles. The minimum atomic E-state index is -0.336. The highest BCUT2D eigenvalue weighted by Gasteiger charge is 2.71. The van der Waals surface area contributed by atoms with E-state index in [0.29, 0.717) is 24.0 Å². The lowest BCUT2D eigenvalue weighted by molar-refractivity contribution is -0.138. The number of esters is 1. The number of hydrogen-bond acceptors (Lipinski definition) is 3. The smallest absolute Gasteiger partial charge is 0.330 e. The largest absolute Gasteiger partial charge is 0.462 e. The summed E-state index contributed by atoms with van der Waals surface area (Å²) >= 11 is 0. The fraction of sp³-hybridized carbons (Fsp3) is 0.700. The third-order valence-electron chi connectivity index (χ3n) is 3.32. The molecule has 0 spiro atoms. The molecule has 13 heavy (non-hydrogen) atoms. The first-order valence-electron chi connectivity index (χ1n) is 4.65. The Morgan fingerprint density at radius 3 is 3.00 bits per heavy atom. The molecule has 72 valence electrons. The van der Waals surface area contributed by atoms with Gasteiger partial charge in [-0.05, 0) is 6.42 Å². The van der Waals surface area contributed by atoms with Gasteiger partial charge in [0.05, 0.1) is 19.3 Å². The normalized spacial score (nSPS) is 40.1. The van der Waals surface area contributed by atoms with Crippen molar-refractivity contribution in [2.45, 2.75) is 19.4 Å². The third-order valence-corrected chi connectivity index (χ3v) is 3.32. The molecule has 3 unspecified atom stereocenters. The van der Waals surface area contributed by atoms with Crippen LogP contribution in [0.15, 0.2) is 12.7 Å². The molecule has 0 amide bonds. The van der Waals surface area contributed by atoms with Crippen LogP contribution in [-0.4, -0.2) is 25.3 Å². The van der Waals surface area contributed by atoms with E-state index < -0.39 is 0 Å². The van der Waals surface area contributed by atoms with Crippen molar-refractivity contribution in [1.82, 2.24) is 0 Å². The van der Waals surface area contributed by atoms with Gasteiger partial charge in [0.2, 0.25) is 0 Å². The van der Waals surface area contributed by atoms with Crippen molar-refractivity contribution < 1.29 is 14.3 Å². The fourth-order valence-corrected chi connectivity index (χ4v) is 2.20. The van der Waals surface area contributed by atoms with Crippen LogP contribution in [0.1, 0.15) is 13.3 Å². The SMILES string of the molecule is C=CC(=O)OCC1C2OCC12CC. The lowest BCUT2D eigenvalue weighted by Gasteiger charge is -2.23. The topological polar surface area (TPSA) is 35.5 Å². The number of ether oxygens (including phenoxy) is 2. The number of carbonyl (C=O) groups is 1. The molecule has 0 bridgehead atoms. The second-order valence-electron chi connectivity index (χ2n) is 3.76. The molecule has 2 fully saturated rings. The molecule has 0 aromatic carbocycles. The van der Waals surface area contributed by atoms with Crippen molar-refractivity contribution in [2.24, 2.45) is 11.3 Å². The predicted molar refractivity (Wildman–Crippen MR) is 47.1 cm³/mol. The number of hydrogen-bond donors (Lipinski definition) is 0. The highest BCUT2D eigenvalue weighted by molar-refractivity contribution is 5.81. The summed E-state index contributed by atoms with van der Waals surface area (Å²) in [7, 11) is 0. The Kier molecular flexibility index (Phi) is 1.91. The predicted octanol–water partition coefficient (Wildman–Crippen LogP) is 1.14. The average Bonchev–Trinajstić information content (AvgIpc) is 2.57. The van der Waals surface area contributed by atoms with Crippen LogP contribution in [0.3, 0.4) is 0 Å². The Bertz CT molecular complexity index is 245. The maximum atomic E-state index is 10.8. The van der Waals surface area contributed by atoms with E-state index in [1.165, 1.54) is 6.08 Å². The fourth-order valence-electron chi connectivity index (χ4n) is 2.20. The van der Waals surface area contributed by atoms with Crippen LogP contribution >= 0.6 is 0 Å². The van der Waals surface area contributed by atoms with Crippen LogP contribution in [-0.2, 0) is 14.3 Å². The quantitative estimate of drug-likeness (QED) is 0.483. The van der Waals surface area contributed by atoms with Gasteiger partial charge in [-0.15, -0.1) is 0 Å². The minimum absolute atomic E-state index is 0.336. The summed E-state index contributed by atoms with van der Waals surface area (Å²) in [5.41, 5.74) is 0.349. The van der Waals surface area contributed by atoms with Crippen molar-refractivity contribution in [2.75, 3.05) is 13.2 Å². The zero-order valence-corrected chi connectivity index (χ0v) is 7.79. The number of rotatable bonds is 4. The van der Waals surface area contributed by atoms with Crippen molar-refractivity contribution in [3.05, 3.63) is 12.7 Å². The van der Waals surface area contributed by atoms with Gasteiger partial charge in [-0.3, -0.25) is 0 Å². The summed E-state index contributed by atoms with van der Waals surface area (Å²) in [5.74, 6) is 0.0963. The Morgan fingerprint density at radius 2 is 2.62 bits per heavy atom. The van der Waals surface area contributed by atoms with Gasteiger partial charge in [-0.1, -0.05) is 13.5 Å². The molecule has 1 aliphatic carbocycles. The van der Waals surface area contributed by atoms with E-state index in [2.05, 4.69) is 13.5 Å². The summed E-state index contributed by atoms with van der Waals surface area (Å²) in [6.45, 7) is 6.83. The highest BCUT2D eigenvalue weighted by Crippen LogP contribution is 2.64. The lowest BCUT2D eigenvalue weighted by atomic mass is 9.99. The first-order valence-corrected chi connectivity index (χ1v) is 4.65. The van der Waals surface area contributed by atoms with Crippen LogP contribution in [0, 0.1) is 11.3 Å². The van der Waals surface area contributed by atoms with Gasteiger partial charge >= 0.3 is 5.97 Å². The van der Waals surface area contributed by atoms with Gasteiger partial charge in [0.1, 0.15) is 0 Å². The van der Waals surface area contributed by atoms with Gasteiger partial charge in [0.15, 0.2) is 0 Å². The van der Waals surface area contributed by atoms with E-state index in [-0.39, 0.29) is 5.97 Å². The molecule has 2 rings (SSSR count). The lowest BCUT2D eigenvalue weighted by Crippen LogP contribution is -2.26. The summed E-state index contributed by atoms with van der Waals surface area (Å²) < 4.78 is 10.3. The van der Waals surface area contributed by atoms with E-state index >= 15 is 0 Å². The van der Waals surface area contributed by atoms with E-state index in [1.54, 1.807) is 0 Å². The third kappa shape index (κ3) is 1.10. The van der Waals surface area contributed by atoms with Gasteiger partial charge < -0.3 is 9.47 Å². The van der Waals surface area contributed by atoms with Crippen LogP contribution in [0.5, 0.6) is 0 Å². The molecule has 0 radical (unpaired) electrons. The monoisotopic (exact) mass is 182 g/mol.